The van der Waals surface area contributed by atoms with Gasteiger partial charge in [0, 0.05) is 31.8 Å². The van der Waals surface area contributed by atoms with Crippen LogP contribution in [0.5, 0.6) is 0 Å². The van der Waals surface area contributed by atoms with Crippen LogP contribution in [-0.4, -0.2) is 37.2 Å². The third-order valence-corrected chi connectivity index (χ3v) is 3.12. The summed E-state index contributed by atoms with van der Waals surface area (Å²) in [6, 6.07) is 8.86. The number of nitrogens with one attached hydrogen (secondary N) is 1. The molecule has 0 saturated carbocycles. The van der Waals surface area contributed by atoms with E-state index in [1.807, 2.05) is 6.92 Å². The molecule has 0 aliphatic heterocycles. The fourth-order valence-electron chi connectivity index (χ4n) is 1.89. The van der Waals surface area contributed by atoms with Crippen molar-refractivity contribution in [2.45, 2.75) is 46.3 Å². The van der Waals surface area contributed by atoms with Crippen molar-refractivity contribution < 1.29 is 4.74 Å². The molecule has 1 aromatic carbocycles. The van der Waals surface area contributed by atoms with E-state index < -0.39 is 0 Å². The second kappa shape index (κ2) is 8.40. The smallest absolute Gasteiger partial charge is 0.0593 e. The Morgan fingerprint density at radius 3 is 2.25 bits per heavy atom. The monoisotopic (exact) mass is 278 g/mol. The van der Waals surface area contributed by atoms with Gasteiger partial charge in [-0.1, -0.05) is 24.3 Å². The summed E-state index contributed by atoms with van der Waals surface area (Å²) in [5.74, 6) is 0. The van der Waals surface area contributed by atoms with Gasteiger partial charge in [0.15, 0.2) is 0 Å². The molecular formula is C17H30N2O. The fourth-order valence-corrected chi connectivity index (χ4v) is 1.89. The predicted molar refractivity (Wildman–Crippen MR) is 85.9 cm³/mol. The molecule has 0 aliphatic rings. The maximum atomic E-state index is 5.37. The lowest BCUT2D eigenvalue weighted by molar-refractivity contribution is 0.120. The molecule has 20 heavy (non-hydrogen) atoms. The van der Waals surface area contributed by atoms with Gasteiger partial charge >= 0.3 is 0 Å². The first-order valence-corrected chi connectivity index (χ1v) is 7.50. The van der Waals surface area contributed by atoms with E-state index in [1.54, 1.807) is 0 Å². The number of hydrogen-bond donors (Lipinski definition) is 1. The van der Waals surface area contributed by atoms with E-state index in [0.29, 0.717) is 0 Å². The zero-order valence-corrected chi connectivity index (χ0v) is 13.7. The van der Waals surface area contributed by atoms with Crippen LogP contribution in [0.4, 0.5) is 0 Å². The van der Waals surface area contributed by atoms with Crippen LogP contribution in [-0.2, 0) is 17.8 Å². The quantitative estimate of drug-likeness (QED) is 0.740. The highest BCUT2D eigenvalue weighted by atomic mass is 16.5. The molecule has 1 N–H and O–H groups in total. The third-order valence-electron chi connectivity index (χ3n) is 3.12. The van der Waals surface area contributed by atoms with Gasteiger partial charge in [-0.05, 0) is 45.9 Å². The summed E-state index contributed by atoms with van der Waals surface area (Å²) in [5, 5.41) is 3.51. The molecule has 1 aromatic rings. The zero-order valence-electron chi connectivity index (χ0n) is 13.7. The van der Waals surface area contributed by atoms with Gasteiger partial charge in [0.1, 0.15) is 0 Å². The van der Waals surface area contributed by atoms with E-state index in [2.05, 4.69) is 62.3 Å². The van der Waals surface area contributed by atoms with Crippen molar-refractivity contribution in [3.63, 3.8) is 0 Å². The zero-order chi connectivity index (χ0) is 15.0. The van der Waals surface area contributed by atoms with Crippen molar-refractivity contribution in [2.24, 2.45) is 0 Å². The third kappa shape index (κ3) is 7.63. The normalized spacial score (nSPS) is 12.1. The van der Waals surface area contributed by atoms with Gasteiger partial charge in [-0.25, -0.2) is 0 Å². The van der Waals surface area contributed by atoms with Crippen molar-refractivity contribution in [1.82, 2.24) is 10.2 Å². The van der Waals surface area contributed by atoms with Crippen LogP contribution in [0.2, 0.25) is 0 Å². The number of likely N-dealkylation sites (N-methyl/N-ethyl adjacent to an activating group) is 1. The van der Waals surface area contributed by atoms with Crippen molar-refractivity contribution in [3.05, 3.63) is 35.4 Å². The highest BCUT2D eigenvalue weighted by Gasteiger charge is 2.08. The second-order valence-electron chi connectivity index (χ2n) is 6.35. The number of benzene rings is 1. The highest BCUT2D eigenvalue weighted by Crippen LogP contribution is 2.08. The van der Waals surface area contributed by atoms with Crippen molar-refractivity contribution >= 4 is 0 Å². The molecule has 0 spiro atoms. The summed E-state index contributed by atoms with van der Waals surface area (Å²) in [6.07, 6.45) is 0. The molecule has 3 heteroatoms. The lowest BCUT2D eigenvalue weighted by atomic mass is 10.1. The minimum absolute atomic E-state index is 0.165. The lowest BCUT2D eigenvalue weighted by Gasteiger charge is -2.21. The molecule has 3 nitrogen and oxygen atoms in total. The summed E-state index contributed by atoms with van der Waals surface area (Å²) in [7, 11) is 2.13. The minimum atomic E-state index is 0.165. The molecule has 0 atom stereocenters. The Balaban J connectivity index is 2.38. The molecule has 0 bridgehead atoms. The summed E-state index contributed by atoms with van der Waals surface area (Å²) in [6.45, 7) is 13.1. The first kappa shape index (κ1) is 17.2. The average molecular weight is 278 g/mol. The minimum Gasteiger partial charge on any atom is -0.380 e. The van der Waals surface area contributed by atoms with Crippen molar-refractivity contribution in [1.29, 1.82) is 0 Å². The van der Waals surface area contributed by atoms with Crippen LogP contribution in [0, 0.1) is 0 Å². The van der Waals surface area contributed by atoms with Crippen LogP contribution in [0.1, 0.15) is 38.8 Å². The fraction of sp³-hybridized carbons (Fsp3) is 0.647. The molecule has 0 unspecified atom stereocenters. The van der Waals surface area contributed by atoms with Crippen LogP contribution in [0.3, 0.4) is 0 Å². The van der Waals surface area contributed by atoms with E-state index >= 15 is 0 Å². The molecule has 0 aromatic heterocycles. The first-order chi connectivity index (χ1) is 9.40. The van der Waals surface area contributed by atoms with Gasteiger partial charge < -0.3 is 10.1 Å². The first-order valence-electron chi connectivity index (χ1n) is 7.50. The van der Waals surface area contributed by atoms with Gasteiger partial charge in [-0.2, -0.15) is 0 Å². The van der Waals surface area contributed by atoms with E-state index in [1.165, 1.54) is 11.1 Å². The number of rotatable bonds is 8. The van der Waals surface area contributed by atoms with E-state index in [9.17, 15) is 0 Å². The molecule has 114 valence electrons. The Morgan fingerprint density at radius 1 is 1.10 bits per heavy atom. The number of ether oxygens (including phenoxy) is 1. The van der Waals surface area contributed by atoms with Crippen LogP contribution >= 0.6 is 0 Å². The standard InChI is InChI=1S/C17H30N2O/c1-6-20-12-11-19(5)14-16-9-7-15(8-10-16)13-18-17(2,3)4/h7-10,18H,6,11-14H2,1-5H3. The number of nitrogens with zero attached hydrogens (tertiary/aromatic N) is 1. The molecule has 0 radical (unpaired) electrons. The molecule has 0 saturated heterocycles. The van der Waals surface area contributed by atoms with Gasteiger partial charge in [-0.3, -0.25) is 4.90 Å². The summed E-state index contributed by atoms with van der Waals surface area (Å²) in [4.78, 5) is 2.29. The maximum absolute atomic E-state index is 5.37. The number of hydrogen-bond acceptors (Lipinski definition) is 3. The molecule has 1 rings (SSSR count). The summed E-state index contributed by atoms with van der Waals surface area (Å²) in [5.41, 5.74) is 2.85. The molecular weight excluding hydrogens is 248 g/mol. The SMILES string of the molecule is CCOCCN(C)Cc1ccc(CNC(C)(C)C)cc1. The Hall–Kier alpha value is -0.900. The highest BCUT2D eigenvalue weighted by molar-refractivity contribution is 5.22. The Bertz CT molecular complexity index is 368. The largest absolute Gasteiger partial charge is 0.380 e. The van der Waals surface area contributed by atoms with Crippen molar-refractivity contribution in [3.8, 4) is 0 Å². The van der Waals surface area contributed by atoms with Crippen LogP contribution in [0.25, 0.3) is 0 Å². The van der Waals surface area contributed by atoms with Crippen LogP contribution in [0.15, 0.2) is 24.3 Å². The maximum Gasteiger partial charge on any atom is 0.0593 e. The van der Waals surface area contributed by atoms with E-state index in [4.69, 9.17) is 4.74 Å². The summed E-state index contributed by atoms with van der Waals surface area (Å²) >= 11 is 0. The van der Waals surface area contributed by atoms with Crippen molar-refractivity contribution in [2.75, 3.05) is 26.8 Å². The van der Waals surface area contributed by atoms with Crippen LogP contribution < -0.4 is 5.32 Å². The Kier molecular flexibility index (Phi) is 7.20. The lowest BCUT2D eigenvalue weighted by Crippen LogP contribution is -2.35. The summed E-state index contributed by atoms with van der Waals surface area (Å²) < 4.78 is 5.37. The molecule has 0 amide bonds. The molecule has 0 fully saturated rings. The average Bonchev–Trinajstić information content (AvgIpc) is 2.37. The topological polar surface area (TPSA) is 24.5 Å². The van der Waals surface area contributed by atoms with Gasteiger partial charge in [0.05, 0.1) is 6.61 Å². The molecule has 0 heterocycles. The molecule has 0 aliphatic carbocycles. The van der Waals surface area contributed by atoms with Gasteiger partial charge in [0.25, 0.3) is 0 Å². The predicted octanol–water partition coefficient (Wildman–Crippen LogP) is 3.04. The Labute approximate surface area is 124 Å². The van der Waals surface area contributed by atoms with E-state index in [-0.39, 0.29) is 5.54 Å². The van der Waals surface area contributed by atoms with Gasteiger partial charge in [-0.15, -0.1) is 0 Å². The second-order valence-corrected chi connectivity index (χ2v) is 6.35. The van der Waals surface area contributed by atoms with E-state index in [0.717, 1.165) is 32.8 Å². The Morgan fingerprint density at radius 2 is 1.70 bits per heavy atom. The van der Waals surface area contributed by atoms with Gasteiger partial charge in [0.2, 0.25) is 0 Å².